The van der Waals surface area contributed by atoms with Crippen LogP contribution in [0.4, 0.5) is 0 Å². The van der Waals surface area contributed by atoms with Gasteiger partial charge in [-0.1, -0.05) is 41.4 Å². The molecule has 0 heterocycles. The van der Waals surface area contributed by atoms with Crippen molar-refractivity contribution in [2.75, 3.05) is 13.7 Å². The van der Waals surface area contributed by atoms with E-state index in [9.17, 15) is 14.7 Å². The van der Waals surface area contributed by atoms with E-state index in [1.807, 2.05) is 0 Å². The number of likely N-dealkylation sites (N-methyl/N-ethyl adjacent to an activating group) is 1. The number of aromatic hydroxyl groups is 1. The molecule has 0 aliphatic rings. The van der Waals surface area contributed by atoms with Crippen LogP contribution < -0.4 is 0 Å². The SMILES string of the molecule is Cc1cccc(C(=O)OCC(=O)N(C)Cc2ccc(Cl)c(Cl)c2)c1O. The number of phenolic OH excluding ortho intramolecular Hbond substituents is 1. The van der Waals surface area contributed by atoms with Gasteiger partial charge in [-0.2, -0.15) is 0 Å². The van der Waals surface area contributed by atoms with Crippen molar-refractivity contribution in [3.05, 3.63) is 63.1 Å². The van der Waals surface area contributed by atoms with Gasteiger partial charge in [0.2, 0.25) is 0 Å². The molecule has 0 saturated carbocycles. The van der Waals surface area contributed by atoms with E-state index in [4.69, 9.17) is 27.9 Å². The number of nitrogens with zero attached hydrogens (tertiary/aromatic N) is 1. The zero-order valence-corrected chi connectivity index (χ0v) is 15.3. The Bertz CT molecular complexity index is 808. The second-order valence-electron chi connectivity index (χ2n) is 5.55. The van der Waals surface area contributed by atoms with Crippen LogP contribution in [0.25, 0.3) is 0 Å². The number of halogens is 2. The molecule has 1 N–H and O–H groups in total. The van der Waals surface area contributed by atoms with E-state index in [1.165, 1.54) is 11.0 Å². The number of hydrogen-bond acceptors (Lipinski definition) is 4. The summed E-state index contributed by atoms with van der Waals surface area (Å²) >= 11 is 11.8. The van der Waals surface area contributed by atoms with Gasteiger partial charge >= 0.3 is 5.97 Å². The molecule has 0 atom stereocenters. The molecule has 2 rings (SSSR count). The number of carbonyl (C=O) groups excluding carboxylic acids is 2. The van der Waals surface area contributed by atoms with Crippen LogP contribution in [0.5, 0.6) is 5.75 Å². The Balaban J connectivity index is 1.93. The van der Waals surface area contributed by atoms with Crippen LogP contribution in [0.2, 0.25) is 10.0 Å². The van der Waals surface area contributed by atoms with Crippen LogP contribution in [-0.4, -0.2) is 35.5 Å². The highest BCUT2D eigenvalue weighted by atomic mass is 35.5. The molecular formula is C18H17Cl2NO4. The van der Waals surface area contributed by atoms with Crippen molar-refractivity contribution < 1.29 is 19.4 Å². The van der Waals surface area contributed by atoms with E-state index in [1.54, 1.807) is 44.3 Å². The summed E-state index contributed by atoms with van der Waals surface area (Å²) in [6, 6.07) is 9.82. The lowest BCUT2D eigenvalue weighted by Gasteiger charge is -2.17. The number of para-hydroxylation sites is 1. The molecule has 0 radical (unpaired) electrons. The topological polar surface area (TPSA) is 66.8 Å². The standard InChI is InChI=1S/C18H17Cl2NO4/c1-11-4-3-5-13(17(11)23)18(24)25-10-16(22)21(2)9-12-6-7-14(19)15(20)8-12/h3-8,23H,9-10H2,1-2H3. The number of amides is 1. The van der Waals surface area contributed by atoms with Crippen molar-refractivity contribution >= 4 is 35.1 Å². The largest absolute Gasteiger partial charge is 0.507 e. The van der Waals surface area contributed by atoms with E-state index in [0.717, 1.165) is 5.56 Å². The molecule has 2 aromatic carbocycles. The second kappa shape index (κ2) is 8.23. The Labute approximate surface area is 155 Å². The number of ether oxygens (including phenoxy) is 1. The van der Waals surface area contributed by atoms with Gasteiger partial charge in [-0.15, -0.1) is 0 Å². The van der Waals surface area contributed by atoms with Crippen LogP contribution in [0.1, 0.15) is 21.5 Å². The van der Waals surface area contributed by atoms with Crippen LogP contribution in [-0.2, 0) is 16.1 Å². The minimum Gasteiger partial charge on any atom is -0.507 e. The van der Waals surface area contributed by atoms with Gasteiger partial charge in [0, 0.05) is 13.6 Å². The normalized spacial score (nSPS) is 10.4. The van der Waals surface area contributed by atoms with E-state index in [-0.39, 0.29) is 17.2 Å². The number of benzene rings is 2. The highest BCUT2D eigenvalue weighted by molar-refractivity contribution is 6.42. The van der Waals surface area contributed by atoms with Crippen molar-refractivity contribution in [3.63, 3.8) is 0 Å². The van der Waals surface area contributed by atoms with E-state index < -0.39 is 12.6 Å². The van der Waals surface area contributed by atoms with Gasteiger partial charge in [0.1, 0.15) is 11.3 Å². The fourth-order valence-corrected chi connectivity index (χ4v) is 2.46. The van der Waals surface area contributed by atoms with Crippen molar-refractivity contribution in [1.29, 1.82) is 0 Å². The maximum atomic E-state index is 12.1. The maximum absolute atomic E-state index is 12.1. The molecule has 5 nitrogen and oxygen atoms in total. The average molecular weight is 382 g/mol. The van der Waals surface area contributed by atoms with Crippen LogP contribution in [0, 0.1) is 6.92 Å². The number of phenols is 1. The van der Waals surface area contributed by atoms with Gasteiger partial charge in [0.15, 0.2) is 6.61 Å². The molecule has 0 aliphatic heterocycles. The molecule has 25 heavy (non-hydrogen) atoms. The summed E-state index contributed by atoms with van der Waals surface area (Å²) in [5, 5.41) is 10.7. The summed E-state index contributed by atoms with van der Waals surface area (Å²) in [5.74, 6) is -1.28. The molecular weight excluding hydrogens is 365 g/mol. The first-order valence-electron chi connectivity index (χ1n) is 7.43. The fraction of sp³-hybridized carbons (Fsp3) is 0.222. The van der Waals surface area contributed by atoms with Crippen molar-refractivity contribution in [2.45, 2.75) is 13.5 Å². The van der Waals surface area contributed by atoms with Gasteiger partial charge in [0.25, 0.3) is 5.91 Å². The monoisotopic (exact) mass is 381 g/mol. The first kappa shape index (κ1) is 19.1. The summed E-state index contributed by atoms with van der Waals surface area (Å²) in [4.78, 5) is 25.5. The first-order chi connectivity index (χ1) is 11.8. The predicted octanol–water partition coefficient (Wildman–Crippen LogP) is 3.82. The Morgan fingerprint density at radius 2 is 1.88 bits per heavy atom. The minimum atomic E-state index is -0.752. The van der Waals surface area contributed by atoms with Crippen LogP contribution >= 0.6 is 23.2 Å². The smallest absolute Gasteiger partial charge is 0.342 e. The lowest BCUT2D eigenvalue weighted by molar-refractivity contribution is -0.133. The molecule has 0 fully saturated rings. The Kier molecular flexibility index (Phi) is 6.28. The molecule has 0 aliphatic carbocycles. The molecule has 7 heteroatoms. The molecule has 0 saturated heterocycles. The van der Waals surface area contributed by atoms with E-state index in [0.29, 0.717) is 22.2 Å². The van der Waals surface area contributed by atoms with Gasteiger partial charge < -0.3 is 14.7 Å². The average Bonchev–Trinajstić information content (AvgIpc) is 2.58. The molecule has 0 unspecified atom stereocenters. The zero-order valence-electron chi connectivity index (χ0n) is 13.8. The Morgan fingerprint density at radius 1 is 1.16 bits per heavy atom. The zero-order chi connectivity index (χ0) is 18.6. The van der Waals surface area contributed by atoms with Crippen molar-refractivity contribution in [2.24, 2.45) is 0 Å². The van der Waals surface area contributed by atoms with Gasteiger partial charge in [-0.25, -0.2) is 4.79 Å². The van der Waals surface area contributed by atoms with Crippen molar-refractivity contribution in [1.82, 2.24) is 4.90 Å². The van der Waals surface area contributed by atoms with Crippen molar-refractivity contribution in [3.8, 4) is 5.75 Å². The van der Waals surface area contributed by atoms with Crippen LogP contribution in [0.15, 0.2) is 36.4 Å². The Hall–Kier alpha value is -2.24. The number of aryl methyl sites for hydroxylation is 1. The first-order valence-corrected chi connectivity index (χ1v) is 8.18. The van der Waals surface area contributed by atoms with Gasteiger partial charge in [-0.3, -0.25) is 4.79 Å². The molecule has 0 spiro atoms. The summed E-state index contributed by atoms with van der Waals surface area (Å²) in [7, 11) is 1.59. The van der Waals surface area contributed by atoms with Crippen LogP contribution in [0.3, 0.4) is 0 Å². The number of carbonyl (C=O) groups is 2. The Morgan fingerprint density at radius 3 is 2.56 bits per heavy atom. The summed E-state index contributed by atoms with van der Waals surface area (Å²) in [5.41, 5.74) is 1.38. The number of hydrogen-bond donors (Lipinski definition) is 1. The lowest BCUT2D eigenvalue weighted by atomic mass is 10.1. The highest BCUT2D eigenvalue weighted by Crippen LogP contribution is 2.23. The molecule has 2 aromatic rings. The highest BCUT2D eigenvalue weighted by Gasteiger charge is 2.17. The summed E-state index contributed by atoms with van der Waals surface area (Å²) < 4.78 is 4.99. The molecule has 132 valence electrons. The summed E-state index contributed by atoms with van der Waals surface area (Å²) in [6.45, 7) is 1.54. The second-order valence-corrected chi connectivity index (χ2v) is 6.36. The molecule has 0 bridgehead atoms. The minimum absolute atomic E-state index is 0.0277. The quantitative estimate of drug-likeness (QED) is 0.799. The molecule has 1 amide bonds. The van der Waals surface area contributed by atoms with E-state index >= 15 is 0 Å². The molecule has 0 aromatic heterocycles. The lowest BCUT2D eigenvalue weighted by Crippen LogP contribution is -2.30. The maximum Gasteiger partial charge on any atom is 0.342 e. The van der Waals surface area contributed by atoms with E-state index in [2.05, 4.69) is 0 Å². The predicted molar refractivity (Wildman–Crippen MR) is 96.1 cm³/mol. The van der Waals surface area contributed by atoms with Gasteiger partial charge in [-0.05, 0) is 36.2 Å². The number of esters is 1. The number of rotatable bonds is 5. The third kappa shape index (κ3) is 4.87. The third-order valence-corrected chi connectivity index (χ3v) is 4.35. The summed E-state index contributed by atoms with van der Waals surface area (Å²) in [6.07, 6.45) is 0. The third-order valence-electron chi connectivity index (χ3n) is 3.61. The van der Waals surface area contributed by atoms with Gasteiger partial charge in [0.05, 0.1) is 10.0 Å². The fourth-order valence-electron chi connectivity index (χ4n) is 2.14.